The molecule has 0 bridgehead atoms. The van der Waals surface area contributed by atoms with Gasteiger partial charge in [-0.1, -0.05) is 0 Å². The van der Waals surface area contributed by atoms with Crippen LogP contribution < -0.4 is 0 Å². The lowest BCUT2D eigenvalue weighted by atomic mass is 10.1. The van der Waals surface area contributed by atoms with Crippen molar-refractivity contribution in [3.05, 3.63) is 0 Å². The highest BCUT2D eigenvalue weighted by Gasteiger charge is 2.24. The van der Waals surface area contributed by atoms with E-state index >= 15 is 0 Å². The molecule has 0 radical (unpaired) electrons. The monoisotopic (exact) mass is 255 g/mol. The average molecular weight is 255 g/mol. The second kappa shape index (κ2) is 6.36. The van der Waals surface area contributed by atoms with E-state index in [1.54, 1.807) is 0 Å². The molecule has 1 aliphatic carbocycles. The molecular formula is C15H29NO2. The third kappa shape index (κ3) is 5.68. The highest BCUT2D eigenvalue weighted by Crippen LogP contribution is 2.28. The fourth-order valence-corrected chi connectivity index (χ4v) is 2.48. The van der Waals surface area contributed by atoms with Crippen LogP contribution >= 0.6 is 0 Å². The number of hydrogen-bond acceptors (Lipinski definition) is 3. The predicted octanol–water partition coefficient (Wildman–Crippen LogP) is 2.69. The molecule has 2 aliphatic rings. The highest BCUT2D eigenvalue weighted by atomic mass is 16.5. The quantitative estimate of drug-likeness (QED) is 0.681. The molecule has 0 spiro atoms. The molecule has 1 aliphatic heterocycles. The minimum atomic E-state index is 0.000210. The topological polar surface area (TPSA) is 21.7 Å². The largest absolute Gasteiger partial charge is 0.380 e. The van der Waals surface area contributed by atoms with Gasteiger partial charge in [-0.25, -0.2) is 0 Å². The van der Waals surface area contributed by atoms with Crippen molar-refractivity contribution in [3.63, 3.8) is 0 Å². The first kappa shape index (κ1) is 14.3. The Hall–Kier alpha value is -0.120. The molecule has 2 rings (SSSR count). The van der Waals surface area contributed by atoms with Crippen LogP contribution in [0.5, 0.6) is 0 Å². The summed E-state index contributed by atoms with van der Waals surface area (Å²) in [6, 6.07) is 0. The summed E-state index contributed by atoms with van der Waals surface area (Å²) in [5, 5.41) is 0. The van der Waals surface area contributed by atoms with Gasteiger partial charge in [0.15, 0.2) is 0 Å². The molecule has 3 nitrogen and oxygen atoms in total. The van der Waals surface area contributed by atoms with Gasteiger partial charge in [0.25, 0.3) is 0 Å². The second-order valence-electron chi connectivity index (χ2n) is 6.79. The van der Waals surface area contributed by atoms with Gasteiger partial charge in [-0.2, -0.15) is 0 Å². The van der Waals surface area contributed by atoms with Crippen LogP contribution in [0, 0.1) is 5.92 Å². The number of likely N-dealkylation sites (tertiary alicyclic amines) is 1. The molecule has 0 amide bonds. The fraction of sp³-hybridized carbons (Fsp3) is 1.00. The van der Waals surface area contributed by atoms with Gasteiger partial charge in [0.1, 0.15) is 0 Å². The van der Waals surface area contributed by atoms with Crippen LogP contribution in [0.4, 0.5) is 0 Å². The van der Waals surface area contributed by atoms with Crippen molar-refractivity contribution in [3.8, 4) is 0 Å². The van der Waals surface area contributed by atoms with Gasteiger partial charge < -0.3 is 14.4 Å². The molecule has 2 fully saturated rings. The Labute approximate surface area is 112 Å². The molecule has 1 heterocycles. The van der Waals surface area contributed by atoms with Gasteiger partial charge >= 0.3 is 0 Å². The van der Waals surface area contributed by atoms with E-state index in [0.29, 0.717) is 6.10 Å². The molecule has 0 unspecified atom stereocenters. The maximum absolute atomic E-state index is 6.03. The van der Waals surface area contributed by atoms with Crippen molar-refractivity contribution in [1.29, 1.82) is 0 Å². The van der Waals surface area contributed by atoms with Crippen LogP contribution in [-0.4, -0.2) is 49.5 Å². The summed E-state index contributed by atoms with van der Waals surface area (Å²) in [6.45, 7) is 11.7. The van der Waals surface area contributed by atoms with Crippen LogP contribution in [0.2, 0.25) is 0 Å². The molecule has 106 valence electrons. The summed E-state index contributed by atoms with van der Waals surface area (Å²) in [4.78, 5) is 2.51. The molecule has 0 aromatic rings. The van der Waals surface area contributed by atoms with Crippen LogP contribution in [-0.2, 0) is 9.47 Å². The Balaban J connectivity index is 1.52. The molecular weight excluding hydrogens is 226 g/mol. The van der Waals surface area contributed by atoms with Crippen LogP contribution in [0.25, 0.3) is 0 Å². The van der Waals surface area contributed by atoms with E-state index in [1.807, 2.05) is 0 Å². The van der Waals surface area contributed by atoms with Crippen molar-refractivity contribution >= 4 is 0 Å². The molecule has 0 N–H and O–H groups in total. The lowest BCUT2D eigenvalue weighted by Crippen LogP contribution is -2.41. The zero-order valence-corrected chi connectivity index (χ0v) is 12.3. The minimum absolute atomic E-state index is 0.000210. The maximum Gasteiger partial charge on any atom is 0.0606 e. The standard InChI is InChI=1S/C15H29NO2/c1-15(2,3)18-14-6-8-16(9-7-14)10-11-17-12-13-4-5-13/h13-14H,4-12H2,1-3H3. The van der Waals surface area contributed by atoms with Gasteiger partial charge in [-0.3, -0.25) is 0 Å². The van der Waals surface area contributed by atoms with Gasteiger partial charge in [0, 0.05) is 26.2 Å². The summed E-state index contributed by atoms with van der Waals surface area (Å²) in [5.41, 5.74) is 0.000210. The van der Waals surface area contributed by atoms with E-state index in [-0.39, 0.29) is 5.60 Å². The first-order chi connectivity index (χ1) is 8.53. The number of rotatable bonds is 6. The SMILES string of the molecule is CC(C)(C)OC1CCN(CCOCC2CC2)CC1. The van der Waals surface area contributed by atoms with Gasteiger partial charge in [0.2, 0.25) is 0 Å². The Morgan fingerprint density at radius 2 is 1.72 bits per heavy atom. The van der Waals surface area contributed by atoms with Crippen LogP contribution in [0.1, 0.15) is 46.5 Å². The summed E-state index contributed by atoms with van der Waals surface area (Å²) in [7, 11) is 0. The lowest BCUT2D eigenvalue weighted by Gasteiger charge is -2.35. The number of hydrogen-bond donors (Lipinski definition) is 0. The average Bonchev–Trinajstić information content (AvgIpc) is 3.08. The molecule has 1 saturated heterocycles. The van der Waals surface area contributed by atoms with Crippen LogP contribution in [0.15, 0.2) is 0 Å². The fourth-order valence-electron chi connectivity index (χ4n) is 2.48. The van der Waals surface area contributed by atoms with Crippen LogP contribution in [0.3, 0.4) is 0 Å². The first-order valence-electron chi connectivity index (χ1n) is 7.51. The van der Waals surface area contributed by atoms with Crippen molar-refractivity contribution in [2.24, 2.45) is 5.92 Å². The van der Waals surface area contributed by atoms with Crippen molar-refractivity contribution in [1.82, 2.24) is 4.90 Å². The third-order valence-corrected chi connectivity index (χ3v) is 3.66. The van der Waals surface area contributed by atoms with Crippen molar-refractivity contribution in [2.45, 2.75) is 58.2 Å². The molecule has 1 saturated carbocycles. The zero-order chi connectivity index (χ0) is 13.0. The van der Waals surface area contributed by atoms with E-state index in [4.69, 9.17) is 9.47 Å². The van der Waals surface area contributed by atoms with E-state index < -0.39 is 0 Å². The first-order valence-corrected chi connectivity index (χ1v) is 7.51. The molecule has 0 aromatic carbocycles. The van der Waals surface area contributed by atoms with E-state index in [0.717, 1.165) is 38.8 Å². The Morgan fingerprint density at radius 3 is 2.28 bits per heavy atom. The Bertz CT molecular complexity index is 237. The minimum Gasteiger partial charge on any atom is -0.380 e. The van der Waals surface area contributed by atoms with Crippen molar-refractivity contribution < 1.29 is 9.47 Å². The normalized spacial score (nSPS) is 23.5. The predicted molar refractivity (Wildman–Crippen MR) is 73.8 cm³/mol. The van der Waals surface area contributed by atoms with Crippen molar-refractivity contribution in [2.75, 3.05) is 32.8 Å². The van der Waals surface area contributed by atoms with Gasteiger partial charge in [0.05, 0.1) is 18.3 Å². The molecule has 3 heteroatoms. The summed E-state index contributed by atoms with van der Waals surface area (Å²) >= 11 is 0. The lowest BCUT2D eigenvalue weighted by molar-refractivity contribution is -0.0833. The zero-order valence-electron chi connectivity index (χ0n) is 12.3. The third-order valence-electron chi connectivity index (χ3n) is 3.66. The number of piperidine rings is 1. The summed E-state index contributed by atoms with van der Waals surface area (Å²) < 4.78 is 11.7. The Morgan fingerprint density at radius 1 is 1.06 bits per heavy atom. The maximum atomic E-state index is 6.03. The molecule has 18 heavy (non-hydrogen) atoms. The highest BCUT2D eigenvalue weighted by molar-refractivity contribution is 4.76. The second-order valence-corrected chi connectivity index (χ2v) is 6.79. The molecule has 0 aromatic heterocycles. The number of ether oxygens (including phenoxy) is 2. The Kier molecular flexibility index (Phi) is 5.05. The summed E-state index contributed by atoms with van der Waals surface area (Å²) in [5.74, 6) is 0.885. The summed E-state index contributed by atoms with van der Waals surface area (Å²) in [6.07, 6.45) is 5.55. The van der Waals surface area contributed by atoms with Gasteiger partial charge in [-0.15, -0.1) is 0 Å². The number of nitrogens with zero attached hydrogens (tertiary/aromatic N) is 1. The van der Waals surface area contributed by atoms with E-state index in [1.165, 1.54) is 25.7 Å². The van der Waals surface area contributed by atoms with Gasteiger partial charge in [-0.05, 0) is 52.4 Å². The smallest absolute Gasteiger partial charge is 0.0606 e. The van der Waals surface area contributed by atoms with E-state index in [9.17, 15) is 0 Å². The van der Waals surface area contributed by atoms with E-state index in [2.05, 4.69) is 25.7 Å². The molecule has 0 atom stereocenters.